The van der Waals surface area contributed by atoms with Crippen LogP contribution in [0.25, 0.3) is 0 Å². The monoisotopic (exact) mass is 391 g/mol. The van der Waals surface area contributed by atoms with Crippen LogP contribution in [-0.4, -0.2) is 23.7 Å². The molecule has 0 saturated carbocycles. The molecule has 156 valence electrons. The molecular weight excluding hydrogens is 362 g/mol. The van der Waals surface area contributed by atoms with Crippen LogP contribution >= 0.6 is 0 Å². The molecule has 0 aliphatic carbocycles. The summed E-state index contributed by atoms with van der Waals surface area (Å²) in [5, 5.41) is 10.0. The van der Waals surface area contributed by atoms with Crippen molar-refractivity contribution in [3.63, 3.8) is 0 Å². The summed E-state index contributed by atoms with van der Waals surface area (Å²) in [6, 6.07) is 0. The van der Waals surface area contributed by atoms with Crippen molar-refractivity contribution in [3.05, 3.63) is 0 Å². The summed E-state index contributed by atoms with van der Waals surface area (Å²) >= 11 is 0. The molecule has 8 heteroatoms. The number of unbranched alkanes of at least 4 members (excludes halogenated alkanes) is 11. The van der Waals surface area contributed by atoms with E-state index in [0.717, 1.165) is 32.1 Å². The van der Waals surface area contributed by atoms with Gasteiger partial charge in [-0.15, -0.1) is 0 Å². The van der Waals surface area contributed by atoms with Crippen LogP contribution in [-0.2, 0) is 4.79 Å². The van der Waals surface area contributed by atoms with Crippen molar-refractivity contribution in [3.8, 4) is 0 Å². The smallest absolute Gasteiger partial charge is 0.377 e. The van der Waals surface area contributed by atoms with Gasteiger partial charge in [0, 0.05) is 6.42 Å². The number of hydrogen-bond donors (Lipinski definition) is 0. The van der Waals surface area contributed by atoms with E-state index in [2.05, 4.69) is 6.92 Å². The van der Waals surface area contributed by atoms with Gasteiger partial charge >= 0.3 is 17.8 Å². The van der Waals surface area contributed by atoms with Crippen LogP contribution in [0.5, 0.6) is 0 Å². The minimum absolute atomic E-state index is 0.207. The van der Waals surface area contributed by atoms with Crippen LogP contribution in [0.2, 0.25) is 0 Å². The normalized spacial score (nSPS) is 13.2. The van der Waals surface area contributed by atoms with E-state index in [1.807, 2.05) is 0 Å². The first kappa shape index (κ1) is 25.1. The van der Waals surface area contributed by atoms with Gasteiger partial charge in [-0.3, -0.25) is 0 Å². The molecule has 0 amide bonds. The molecule has 0 aliphatic heterocycles. The first-order valence-corrected chi connectivity index (χ1v) is 9.35. The van der Waals surface area contributed by atoms with Gasteiger partial charge < -0.3 is 9.90 Å². The zero-order chi connectivity index (χ0) is 20.3. The lowest BCUT2D eigenvalue weighted by atomic mass is 9.98. The third kappa shape index (κ3) is 7.74. The van der Waals surface area contributed by atoms with E-state index in [1.165, 1.54) is 25.7 Å². The summed E-state index contributed by atoms with van der Waals surface area (Å²) in [5.41, 5.74) is 0. The molecule has 0 unspecified atom stereocenters. The summed E-state index contributed by atoms with van der Waals surface area (Å²) in [5.74, 6) is -20.5. The minimum Gasteiger partial charge on any atom is -0.544 e. The number of hydrogen-bond acceptors (Lipinski definition) is 2. The second-order valence-corrected chi connectivity index (χ2v) is 6.78. The van der Waals surface area contributed by atoms with Gasteiger partial charge in [-0.25, -0.2) is 0 Å². The van der Waals surface area contributed by atoms with Crippen molar-refractivity contribution >= 4 is 5.97 Å². The number of rotatable bonds is 16. The Balaban J connectivity index is 3.91. The quantitative estimate of drug-likeness (QED) is 0.249. The van der Waals surface area contributed by atoms with Gasteiger partial charge in [-0.05, 0) is 6.42 Å². The highest BCUT2D eigenvalue weighted by atomic mass is 19.3. The molecule has 0 aromatic heterocycles. The molecule has 0 saturated heterocycles. The van der Waals surface area contributed by atoms with Gasteiger partial charge in [0.05, 0.1) is 0 Å². The topological polar surface area (TPSA) is 40.1 Å². The maximum atomic E-state index is 13.3. The molecule has 0 fully saturated rings. The molecule has 0 N–H and O–H groups in total. The van der Waals surface area contributed by atoms with Crippen molar-refractivity contribution in [2.24, 2.45) is 0 Å². The molecule has 0 aromatic carbocycles. The van der Waals surface area contributed by atoms with Crippen LogP contribution in [0.4, 0.5) is 26.3 Å². The second-order valence-electron chi connectivity index (χ2n) is 6.78. The number of halogens is 6. The lowest BCUT2D eigenvalue weighted by molar-refractivity contribution is -0.370. The average Bonchev–Trinajstić information content (AvgIpc) is 2.55. The Labute approximate surface area is 151 Å². The van der Waals surface area contributed by atoms with E-state index >= 15 is 0 Å². The number of carbonyl (C=O) groups is 1. The highest BCUT2D eigenvalue weighted by Crippen LogP contribution is 2.47. The van der Waals surface area contributed by atoms with E-state index in [1.54, 1.807) is 0 Å². The van der Waals surface area contributed by atoms with E-state index in [4.69, 9.17) is 0 Å². The van der Waals surface area contributed by atoms with E-state index in [9.17, 15) is 36.2 Å². The first-order chi connectivity index (χ1) is 12.0. The van der Waals surface area contributed by atoms with Gasteiger partial charge in [-0.2, -0.15) is 26.3 Å². The average molecular weight is 391 g/mol. The number of carbonyl (C=O) groups excluding carboxylic acids is 1. The van der Waals surface area contributed by atoms with Crippen molar-refractivity contribution < 1.29 is 36.2 Å². The van der Waals surface area contributed by atoms with Crippen molar-refractivity contribution in [2.45, 2.75) is 108 Å². The number of aliphatic carboxylic acids is 1. The molecule has 0 radical (unpaired) electrons. The van der Waals surface area contributed by atoms with Crippen LogP contribution in [0.15, 0.2) is 0 Å². The molecule has 0 rings (SSSR count). The zero-order valence-electron chi connectivity index (χ0n) is 15.3. The van der Waals surface area contributed by atoms with Crippen LogP contribution in [0.1, 0.15) is 90.4 Å². The molecular formula is C18H29F6O2-. The molecule has 0 aromatic rings. The van der Waals surface area contributed by atoms with Gasteiger partial charge in [0.15, 0.2) is 0 Å². The Bertz CT molecular complexity index is 399. The van der Waals surface area contributed by atoms with Gasteiger partial charge in [0.2, 0.25) is 0 Å². The predicted molar refractivity (Wildman–Crippen MR) is 85.5 cm³/mol. The fraction of sp³-hybridized carbons (Fsp3) is 0.944. The maximum absolute atomic E-state index is 13.3. The number of carboxylic acids is 1. The van der Waals surface area contributed by atoms with Crippen LogP contribution in [0.3, 0.4) is 0 Å². The highest BCUT2D eigenvalue weighted by Gasteiger charge is 2.71. The number of carboxylic acid groups (broad SMARTS) is 1. The SMILES string of the molecule is CCCCCCCCCCCCCCC(F)(F)C(F)(F)C(F)(F)C(=O)[O-]. The molecule has 0 bridgehead atoms. The van der Waals surface area contributed by atoms with Crippen molar-refractivity contribution in [1.29, 1.82) is 0 Å². The molecule has 26 heavy (non-hydrogen) atoms. The summed E-state index contributed by atoms with van der Waals surface area (Å²) in [4.78, 5) is 10.0. The van der Waals surface area contributed by atoms with Crippen LogP contribution < -0.4 is 5.11 Å². The van der Waals surface area contributed by atoms with E-state index in [-0.39, 0.29) is 12.8 Å². The standard InChI is InChI=1S/C18H30F6O2/c1-2-3-4-5-6-7-8-9-10-11-12-13-14-16(19,20)18(23,24)17(21,22)15(25)26/h2-14H2,1H3,(H,25,26)/p-1. The third-order valence-electron chi connectivity index (χ3n) is 4.45. The Morgan fingerprint density at radius 2 is 1.04 bits per heavy atom. The Morgan fingerprint density at radius 3 is 1.38 bits per heavy atom. The van der Waals surface area contributed by atoms with Crippen molar-refractivity contribution in [1.82, 2.24) is 0 Å². The molecule has 0 heterocycles. The van der Waals surface area contributed by atoms with Crippen LogP contribution in [0, 0.1) is 0 Å². The summed E-state index contributed by atoms with van der Waals surface area (Å²) in [6.45, 7) is 2.14. The fourth-order valence-electron chi connectivity index (χ4n) is 2.70. The molecule has 0 aliphatic rings. The fourth-order valence-corrected chi connectivity index (χ4v) is 2.70. The minimum atomic E-state index is -5.98. The predicted octanol–water partition coefficient (Wildman–Crippen LogP) is 5.73. The van der Waals surface area contributed by atoms with E-state index in [0.29, 0.717) is 6.42 Å². The highest BCUT2D eigenvalue weighted by molar-refractivity contribution is 5.74. The molecule has 2 nitrogen and oxygen atoms in total. The Morgan fingerprint density at radius 1 is 0.692 bits per heavy atom. The summed E-state index contributed by atoms with van der Waals surface area (Å²) < 4.78 is 78.5. The Kier molecular flexibility index (Phi) is 11.3. The molecule has 0 atom stereocenters. The number of alkyl halides is 6. The van der Waals surface area contributed by atoms with Gasteiger partial charge in [0.25, 0.3) is 0 Å². The first-order valence-electron chi connectivity index (χ1n) is 9.35. The van der Waals surface area contributed by atoms with Gasteiger partial charge in [0.1, 0.15) is 5.97 Å². The van der Waals surface area contributed by atoms with Gasteiger partial charge in [-0.1, -0.05) is 77.6 Å². The third-order valence-corrected chi connectivity index (χ3v) is 4.45. The lowest BCUT2D eigenvalue weighted by Gasteiger charge is -2.33. The maximum Gasteiger partial charge on any atom is 0.377 e. The second kappa shape index (κ2) is 11.7. The largest absolute Gasteiger partial charge is 0.544 e. The Hall–Kier alpha value is -0.950. The van der Waals surface area contributed by atoms with E-state index < -0.39 is 30.2 Å². The summed E-state index contributed by atoms with van der Waals surface area (Å²) in [7, 11) is 0. The molecule has 0 spiro atoms. The van der Waals surface area contributed by atoms with Crippen molar-refractivity contribution in [2.75, 3.05) is 0 Å². The lowest BCUT2D eigenvalue weighted by Crippen LogP contribution is -2.61. The summed E-state index contributed by atoms with van der Waals surface area (Å²) in [6.07, 6.45) is 8.73. The zero-order valence-corrected chi connectivity index (χ0v) is 15.3.